The van der Waals surface area contributed by atoms with Crippen LogP contribution in [0, 0.1) is 0 Å². The standard InChI is InChI=1S/C23H36N6O9/c1-12(32)19(27-18(34)9-29-8-17(33)20(35)15(10-30)28-29)23(38)26-16(11-31)22(37)25-14(21(24)36)7-13-5-3-2-4-6-13/h2-6,12,14-17,19-20,28,30-33,35H,7-11H2,1H3,(H2,24,36)(H,25,37)(H,26,38)(H,27,34)/t12-,14+,15-,16+,17-,19+,20-/m1/s1. The monoisotopic (exact) mass is 540 g/mol. The number of hydrazine groups is 1. The largest absolute Gasteiger partial charge is 0.395 e. The van der Waals surface area contributed by atoms with Crippen molar-refractivity contribution < 1.29 is 44.7 Å². The molecular formula is C23H36N6O9. The fraction of sp³-hybridized carbons (Fsp3) is 0.565. The number of aliphatic hydroxyl groups is 5. The van der Waals surface area contributed by atoms with Gasteiger partial charge in [-0.25, -0.2) is 10.4 Å². The van der Waals surface area contributed by atoms with E-state index in [1.54, 1.807) is 30.3 Å². The molecule has 15 heteroatoms. The van der Waals surface area contributed by atoms with Crippen LogP contribution in [0.3, 0.4) is 0 Å². The van der Waals surface area contributed by atoms with Crippen LogP contribution in [0.2, 0.25) is 0 Å². The number of nitrogens with one attached hydrogen (secondary N) is 4. The van der Waals surface area contributed by atoms with Gasteiger partial charge in [0.15, 0.2) is 0 Å². The lowest BCUT2D eigenvalue weighted by molar-refractivity contribution is -0.137. The molecule has 1 fully saturated rings. The topological polar surface area (TPSA) is 247 Å². The van der Waals surface area contributed by atoms with Gasteiger partial charge in [0.2, 0.25) is 23.6 Å². The second-order valence-corrected chi connectivity index (χ2v) is 9.04. The van der Waals surface area contributed by atoms with Crippen LogP contribution in [0.25, 0.3) is 0 Å². The van der Waals surface area contributed by atoms with Gasteiger partial charge < -0.3 is 47.2 Å². The van der Waals surface area contributed by atoms with Crippen LogP contribution in [-0.2, 0) is 25.6 Å². The van der Waals surface area contributed by atoms with E-state index in [4.69, 9.17) is 5.73 Å². The summed E-state index contributed by atoms with van der Waals surface area (Å²) in [5.74, 6) is -3.49. The lowest BCUT2D eigenvalue weighted by atomic mass is 10.0. The lowest BCUT2D eigenvalue weighted by Gasteiger charge is -2.39. The molecule has 1 saturated heterocycles. The molecule has 0 bridgehead atoms. The predicted molar refractivity (Wildman–Crippen MR) is 131 cm³/mol. The molecule has 1 heterocycles. The van der Waals surface area contributed by atoms with E-state index in [9.17, 15) is 44.7 Å². The van der Waals surface area contributed by atoms with E-state index in [0.29, 0.717) is 5.56 Å². The third kappa shape index (κ3) is 8.98. The van der Waals surface area contributed by atoms with Gasteiger partial charge in [-0.1, -0.05) is 30.3 Å². The maximum atomic E-state index is 12.8. The number of carbonyl (C=O) groups is 4. The minimum atomic E-state index is -1.53. The Morgan fingerprint density at radius 1 is 1.05 bits per heavy atom. The molecule has 0 spiro atoms. The van der Waals surface area contributed by atoms with Crippen molar-refractivity contribution in [1.82, 2.24) is 26.4 Å². The molecule has 15 nitrogen and oxygen atoms in total. The third-order valence-electron chi connectivity index (χ3n) is 5.93. The minimum absolute atomic E-state index is 0.0771. The van der Waals surface area contributed by atoms with Crippen molar-refractivity contribution in [1.29, 1.82) is 0 Å². The maximum Gasteiger partial charge on any atom is 0.245 e. The van der Waals surface area contributed by atoms with E-state index in [1.807, 2.05) is 0 Å². The summed E-state index contributed by atoms with van der Waals surface area (Å²) >= 11 is 0. The van der Waals surface area contributed by atoms with Crippen LogP contribution < -0.4 is 27.1 Å². The average molecular weight is 541 g/mol. The van der Waals surface area contributed by atoms with E-state index in [0.717, 1.165) is 0 Å². The Morgan fingerprint density at radius 2 is 1.68 bits per heavy atom. The zero-order chi connectivity index (χ0) is 28.4. The summed E-state index contributed by atoms with van der Waals surface area (Å²) in [5, 5.41) is 56.9. The number of β-amino-alcohol motifs (C(OH)–C–C–N with tert-alkyl or cyclic N) is 1. The van der Waals surface area contributed by atoms with Crippen LogP contribution in [0.5, 0.6) is 0 Å². The zero-order valence-corrected chi connectivity index (χ0v) is 20.9. The molecule has 1 aliphatic rings. The smallest absolute Gasteiger partial charge is 0.245 e. The highest BCUT2D eigenvalue weighted by molar-refractivity contribution is 5.94. The number of hydrogen-bond donors (Lipinski definition) is 10. The fourth-order valence-electron chi connectivity index (χ4n) is 3.82. The van der Waals surface area contributed by atoms with Crippen molar-refractivity contribution in [3.63, 3.8) is 0 Å². The molecule has 11 N–H and O–H groups in total. The van der Waals surface area contributed by atoms with Crippen LogP contribution in [0.4, 0.5) is 0 Å². The normalized spacial score (nSPS) is 22.9. The summed E-state index contributed by atoms with van der Waals surface area (Å²) in [6.45, 7) is -0.715. The lowest BCUT2D eigenvalue weighted by Crippen LogP contribution is -2.65. The summed E-state index contributed by atoms with van der Waals surface area (Å²) in [7, 11) is 0. The fourth-order valence-corrected chi connectivity index (χ4v) is 3.82. The number of hydrogen-bond acceptors (Lipinski definition) is 11. The Labute approximate surface area is 219 Å². The van der Waals surface area contributed by atoms with E-state index in [2.05, 4.69) is 21.4 Å². The van der Waals surface area contributed by atoms with Gasteiger partial charge in [-0.15, -0.1) is 0 Å². The van der Waals surface area contributed by atoms with Crippen molar-refractivity contribution in [2.24, 2.45) is 5.73 Å². The first-order valence-electron chi connectivity index (χ1n) is 12.0. The molecule has 0 unspecified atom stereocenters. The first kappa shape index (κ1) is 31.0. The first-order chi connectivity index (χ1) is 18.0. The number of amides is 4. The SMILES string of the molecule is C[C@@H](O)[C@H](NC(=O)CN1C[C@@H](O)[C@H](O)[C@@H](CO)N1)C(=O)N[C@@H](CO)C(=O)N[C@@H](Cc1ccccc1)C(N)=O. The predicted octanol–water partition coefficient (Wildman–Crippen LogP) is -5.56. The number of aliphatic hydroxyl groups excluding tert-OH is 5. The summed E-state index contributed by atoms with van der Waals surface area (Å²) in [6.07, 6.45) is -3.83. The molecule has 1 aliphatic heterocycles. The molecule has 1 aromatic carbocycles. The van der Waals surface area contributed by atoms with E-state index in [-0.39, 0.29) is 13.0 Å². The number of rotatable bonds is 13. The number of nitrogens with two attached hydrogens (primary N) is 1. The second-order valence-electron chi connectivity index (χ2n) is 9.04. The quantitative estimate of drug-likeness (QED) is 0.113. The molecule has 1 aromatic rings. The van der Waals surface area contributed by atoms with Gasteiger partial charge in [0.05, 0.1) is 38.0 Å². The van der Waals surface area contributed by atoms with Crippen LogP contribution in [0.15, 0.2) is 30.3 Å². The molecule has 212 valence electrons. The first-order valence-corrected chi connectivity index (χ1v) is 12.0. The van der Waals surface area contributed by atoms with Crippen LogP contribution >= 0.6 is 0 Å². The minimum Gasteiger partial charge on any atom is -0.395 e. The second kappa shape index (κ2) is 14.7. The van der Waals surface area contributed by atoms with Crippen molar-refractivity contribution in [3.8, 4) is 0 Å². The Balaban J connectivity index is 1.98. The number of benzene rings is 1. The Morgan fingerprint density at radius 3 is 2.24 bits per heavy atom. The van der Waals surface area contributed by atoms with Crippen LogP contribution in [-0.4, -0.2) is 123 Å². The van der Waals surface area contributed by atoms with Gasteiger partial charge >= 0.3 is 0 Å². The molecule has 0 radical (unpaired) electrons. The zero-order valence-electron chi connectivity index (χ0n) is 20.9. The molecule has 0 aliphatic carbocycles. The summed E-state index contributed by atoms with van der Waals surface area (Å²) < 4.78 is 0. The van der Waals surface area contributed by atoms with Crippen molar-refractivity contribution in [2.45, 2.75) is 55.8 Å². The van der Waals surface area contributed by atoms with Crippen molar-refractivity contribution in [3.05, 3.63) is 35.9 Å². The molecule has 2 rings (SSSR count). The molecule has 7 atom stereocenters. The summed E-state index contributed by atoms with van der Waals surface area (Å²) in [6, 6.07) is 3.62. The molecule has 0 saturated carbocycles. The Kier molecular flexibility index (Phi) is 12.0. The summed E-state index contributed by atoms with van der Waals surface area (Å²) in [4.78, 5) is 49.9. The number of primary amides is 1. The van der Waals surface area contributed by atoms with Crippen LogP contribution in [0.1, 0.15) is 12.5 Å². The molecule has 4 amide bonds. The van der Waals surface area contributed by atoms with Gasteiger partial charge in [0, 0.05) is 13.0 Å². The van der Waals surface area contributed by atoms with Crippen molar-refractivity contribution in [2.75, 3.05) is 26.3 Å². The van der Waals surface area contributed by atoms with Gasteiger partial charge in [0.25, 0.3) is 0 Å². The van der Waals surface area contributed by atoms with Crippen molar-refractivity contribution >= 4 is 23.6 Å². The average Bonchev–Trinajstić information content (AvgIpc) is 2.87. The highest BCUT2D eigenvalue weighted by atomic mass is 16.3. The van der Waals surface area contributed by atoms with Gasteiger partial charge in [-0.3, -0.25) is 19.2 Å². The third-order valence-corrected chi connectivity index (χ3v) is 5.93. The van der Waals surface area contributed by atoms with Gasteiger partial charge in [-0.2, -0.15) is 0 Å². The highest BCUT2D eigenvalue weighted by Crippen LogP contribution is 2.09. The molecule has 38 heavy (non-hydrogen) atoms. The van der Waals surface area contributed by atoms with E-state index >= 15 is 0 Å². The Bertz CT molecular complexity index is 951. The Hall–Kier alpha value is -3.18. The summed E-state index contributed by atoms with van der Waals surface area (Å²) in [5.41, 5.74) is 8.78. The maximum absolute atomic E-state index is 12.8. The van der Waals surface area contributed by atoms with E-state index < -0.39 is 85.9 Å². The number of nitrogens with zero attached hydrogens (tertiary/aromatic N) is 1. The van der Waals surface area contributed by atoms with E-state index in [1.165, 1.54) is 11.9 Å². The number of carbonyl (C=O) groups excluding carboxylic acids is 4. The highest BCUT2D eigenvalue weighted by Gasteiger charge is 2.36. The van der Waals surface area contributed by atoms with Gasteiger partial charge in [0.1, 0.15) is 24.2 Å². The molecule has 0 aromatic heterocycles. The van der Waals surface area contributed by atoms with Gasteiger partial charge in [-0.05, 0) is 12.5 Å². The molecular weight excluding hydrogens is 504 g/mol.